The molecule has 39 heavy (non-hydrogen) atoms. The Kier molecular flexibility index (Phi) is 5.76. The minimum absolute atomic E-state index is 0.221. The van der Waals surface area contributed by atoms with Crippen molar-refractivity contribution in [3.8, 4) is 0 Å². The van der Waals surface area contributed by atoms with Crippen LogP contribution >= 0.6 is 0 Å². The van der Waals surface area contributed by atoms with Crippen LogP contribution in [0.1, 0.15) is 58.7 Å². The zero-order chi connectivity index (χ0) is 26.5. The standard InChI is InChI=1S/C32H29N3O4/c1-3-37-31(36)29-23(20-11-5-8-14-26(20)34-29)16-22-19-10-4-7-13-25(19)33-28(22)17-24-21-12-6-9-15-27(21)35-30(24)32-38-18(2)39-32/h4-15,18,32-35H,3,16-17H2,1-2H3. The number of benzene rings is 3. The fraction of sp³-hybridized carbons (Fsp3) is 0.219. The summed E-state index contributed by atoms with van der Waals surface area (Å²) in [6.45, 7) is 4.04. The number of esters is 1. The number of aromatic nitrogens is 3. The first-order valence-corrected chi connectivity index (χ1v) is 13.4. The van der Waals surface area contributed by atoms with Crippen LogP contribution in [-0.4, -0.2) is 33.8 Å². The molecule has 0 radical (unpaired) electrons. The first-order chi connectivity index (χ1) is 19.1. The summed E-state index contributed by atoms with van der Waals surface area (Å²) in [6.07, 6.45) is 0.584. The Morgan fingerprint density at radius 1 is 0.744 bits per heavy atom. The normalized spacial score (nSPS) is 17.2. The van der Waals surface area contributed by atoms with Crippen molar-refractivity contribution in [1.29, 1.82) is 0 Å². The van der Waals surface area contributed by atoms with Crippen molar-refractivity contribution < 1.29 is 19.0 Å². The van der Waals surface area contributed by atoms with Gasteiger partial charge in [-0.05, 0) is 48.7 Å². The van der Waals surface area contributed by atoms with Crippen molar-refractivity contribution in [1.82, 2.24) is 15.0 Å². The highest BCUT2D eigenvalue weighted by Gasteiger charge is 2.33. The van der Waals surface area contributed by atoms with E-state index in [1.807, 2.05) is 44.2 Å². The summed E-state index contributed by atoms with van der Waals surface area (Å²) in [6, 6.07) is 24.6. The number of fused-ring (bicyclic) bond motifs is 3. The van der Waals surface area contributed by atoms with Gasteiger partial charge in [-0.25, -0.2) is 4.79 Å². The number of hydrogen-bond donors (Lipinski definition) is 3. The number of carbonyl (C=O) groups excluding carboxylic acids is 1. The summed E-state index contributed by atoms with van der Waals surface area (Å²) < 4.78 is 17.2. The van der Waals surface area contributed by atoms with Crippen molar-refractivity contribution in [2.24, 2.45) is 0 Å². The Balaban J connectivity index is 1.37. The van der Waals surface area contributed by atoms with E-state index in [0.717, 1.165) is 60.8 Å². The first kappa shape index (κ1) is 23.8. The van der Waals surface area contributed by atoms with Crippen LogP contribution in [0.3, 0.4) is 0 Å². The molecule has 196 valence electrons. The zero-order valence-corrected chi connectivity index (χ0v) is 21.8. The fourth-order valence-corrected chi connectivity index (χ4v) is 5.83. The largest absolute Gasteiger partial charge is 0.461 e. The van der Waals surface area contributed by atoms with Crippen molar-refractivity contribution >= 4 is 38.7 Å². The molecule has 3 aromatic carbocycles. The minimum Gasteiger partial charge on any atom is -0.461 e. The summed E-state index contributed by atoms with van der Waals surface area (Å²) in [5.74, 6) is -0.336. The van der Waals surface area contributed by atoms with Gasteiger partial charge in [0.15, 0.2) is 6.29 Å². The number of ether oxygens (including phenoxy) is 3. The van der Waals surface area contributed by atoms with Crippen LogP contribution in [0.2, 0.25) is 0 Å². The zero-order valence-electron chi connectivity index (χ0n) is 21.8. The molecule has 0 spiro atoms. The van der Waals surface area contributed by atoms with E-state index in [4.69, 9.17) is 14.2 Å². The molecule has 3 N–H and O–H groups in total. The van der Waals surface area contributed by atoms with E-state index < -0.39 is 6.29 Å². The van der Waals surface area contributed by atoms with Gasteiger partial charge in [0, 0.05) is 51.2 Å². The lowest BCUT2D eigenvalue weighted by molar-refractivity contribution is -0.384. The second kappa shape index (κ2) is 9.45. The Hall–Kier alpha value is -4.33. The van der Waals surface area contributed by atoms with E-state index in [9.17, 15) is 4.79 Å². The Bertz CT molecular complexity index is 1840. The molecule has 1 aliphatic heterocycles. The molecule has 0 unspecified atom stereocenters. The molecule has 0 aliphatic carbocycles. The molecule has 7 heteroatoms. The topological polar surface area (TPSA) is 92.1 Å². The quantitative estimate of drug-likeness (QED) is 0.201. The van der Waals surface area contributed by atoms with E-state index >= 15 is 0 Å². The van der Waals surface area contributed by atoms with Crippen molar-refractivity contribution in [3.63, 3.8) is 0 Å². The highest BCUT2D eigenvalue weighted by atomic mass is 16.9. The van der Waals surface area contributed by atoms with Crippen LogP contribution in [0.15, 0.2) is 72.8 Å². The lowest BCUT2D eigenvalue weighted by Gasteiger charge is -2.33. The van der Waals surface area contributed by atoms with Crippen molar-refractivity contribution in [3.05, 3.63) is 107 Å². The van der Waals surface area contributed by atoms with Gasteiger partial charge < -0.3 is 29.2 Å². The first-order valence-electron chi connectivity index (χ1n) is 13.4. The average Bonchev–Trinajstić information content (AvgIpc) is 3.60. The summed E-state index contributed by atoms with van der Waals surface area (Å²) in [7, 11) is 0. The molecule has 3 aromatic heterocycles. The van der Waals surface area contributed by atoms with Gasteiger partial charge in [0.2, 0.25) is 6.29 Å². The average molecular weight is 520 g/mol. The van der Waals surface area contributed by atoms with Gasteiger partial charge in [0.05, 0.1) is 12.3 Å². The minimum atomic E-state index is -0.417. The van der Waals surface area contributed by atoms with Crippen LogP contribution in [-0.2, 0) is 27.1 Å². The molecule has 0 atom stereocenters. The molecule has 1 aliphatic rings. The van der Waals surface area contributed by atoms with E-state index in [2.05, 4.69) is 57.4 Å². The van der Waals surface area contributed by atoms with Gasteiger partial charge in [-0.1, -0.05) is 54.6 Å². The molecule has 0 amide bonds. The Morgan fingerprint density at radius 2 is 1.31 bits per heavy atom. The second-order valence-corrected chi connectivity index (χ2v) is 9.96. The van der Waals surface area contributed by atoms with Gasteiger partial charge in [-0.15, -0.1) is 0 Å². The molecule has 0 bridgehead atoms. The lowest BCUT2D eigenvalue weighted by Crippen LogP contribution is -2.32. The van der Waals surface area contributed by atoms with Gasteiger partial charge in [0.1, 0.15) is 5.69 Å². The third-order valence-electron chi connectivity index (χ3n) is 7.62. The van der Waals surface area contributed by atoms with Crippen molar-refractivity contribution in [2.75, 3.05) is 6.61 Å². The second-order valence-electron chi connectivity index (χ2n) is 9.96. The smallest absolute Gasteiger partial charge is 0.355 e. The number of carbonyl (C=O) groups is 1. The highest BCUT2D eigenvalue weighted by molar-refractivity contribution is 5.99. The maximum atomic E-state index is 13.0. The van der Waals surface area contributed by atoms with Gasteiger partial charge in [0.25, 0.3) is 0 Å². The van der Waals surface area contributed by atoms with E-state index in [-0.39, 0.29) is 12.3 Å². The number of H-pyrrole nitrogens is 3. The molecule has 4 heterocycles. The maximum Gasteiger partial charge on any atom is 0.355 e. The molecular formula is C32H29N3O4. The fourth-order valence-electron chi connectivity index (χ4n) is 5.83. The summed E-state index contributed by atoms with van der Waals surface area (Å²) in [5, 5.41) is 3.30. The number of hydrogen-bond acceptors (Lipinski definition) is 4. The number of para-hydroxylation sites is 3. The van der Waals surface area contributed by atoms with Crippen LogP contribution < -0.4 is 0 Å². The SMILES string of the molecule is CCOC(=O)c1[nH]c2ccccc2c1Cc1c(Cc2c(C3OC(C)O3)[nH]c3ccccc23)[nH]c2ccccc12. The predicted octanol–water partition coefficient (Wildman–Crippen LogP) is 6.88. The maximum absolute atomic E-state index is 13.0. The molecule has 7 rings (SSSR count). The third-order valence-corrected chi connectivity index (χ3v) is 7.62. The number of nitrogens with one attached hydrogen (secondary N) is 3. The van der Waals surface area contributed by atoms with Crippen molar-refractivity contribution in [2.45, 2.75) is 39.3 Å². The van der Waals surface area contributed by atoms with Crippen LogP contribution in [0.25, 0.3) is 32.7 Å². The summed E-state index contributed by atoms with van der Waals surface area (Å²) in [4.78, 5) is 23.6. The third kappa shape index (κ3) is 4.02. The van der Waals surface area contributed by atoms with Crippen LogP contribution in [0.5, 0.6) is 0 Å². The molecular weight excluding hydrogens is 490 g/mol. The van der Waals surface area contributed by atoms with E-state index in [1.54, 1.807) is 0 Å². The highest BCUT2D eigenvalue weighted by Crippen LogP contribution is 2.39. The number of rotatable bonds is 7. The molecule has 0 saturated carbocycles. The molecule has 6 aromatic rings. The molecule has 1 fully saturated rings. The Morgan fingerprint density at radius 3 is 1.95 bits per heavy atom. The van der Waals surface area contributed by atoms with Crippen LogP contribution in [0, 0.1) is 0 Å². The predicted molar refractivity (Wildman–Crippen MR) is 151 cm³/mol. The van der Waals surface area contributed by atoms with Crippen LogP contribution in [0.4, 0.5) is 0 Å². The lowest BCUT2D eigenvalue weighted by atomic mass is 9.95. The van der Waals surface area contributed by atoms with Gasteiger partial charge in [-0.2, -0.15) is 0 Å². The van der Waals surface area contributed by atoms with Gasteiger partial charge in [-0.3, -0.25) is 0 Å². The van der Waals surface area contributed by atoms with E-state index in [0.29, 0.717) is 25.1 Å². The Labute approximate surface area is 225 Å². The van der Waals surface area contributed by atoms with Gasteiger partial charge >= 0.3 is 5.97 Å². The summed E-state index contributed by atoms with van der Waals surface area (Å²) in [5.41, 5.74) is 8.80. The monoisotopic (exact) mass is 519 g/mol. The molecule has 1 saturated heterocycles. The molecule has 7 nitrogen and oxygen atoms in total. The number of aromatic amines is 3. The van der Waals surface area contributed by atoms with E-state index in [1.165, 1.54) is 0 Å². The summed E-state index contributed by atoms with van der Waals surface area (Å²) >= 11 is 0.